The third kappa shape index (κ3) is 6.20. The van der Waals surface area contributed by atoms with Crippen molar-refractivity contribution in [2.75, 3.05) is 32.0 Å². The van der Waals surface area contributed by atoms with Gasteiger partial charge >= 0.3 is 0 Å². The number of carbonyl (C=O) groups is 3. The van der Waals surface area contributed by atoms with Crippen LogP contribution in [0.15, 0.2) is 79.0 Å². The second kappa shape index (κ2) is 12.4. The van der Waals surface area contributed by atoms with E-state index < -0.39 is 6.04 Å². The summed E-state index contributed by atoms with van der Waals surface area (Å²) in [6.07, 6.45) is 4.04. The van der Waals surface area contributed by atoms with E-state index in [1.807, 2.05) is 78.7 Å². The third-order valence-electron chi connectivity index (χ3n) is 9.04. The van der Waals surface area contributed by atoms with Crippen molar-refractivity contribution in [1.29, 1.82) is 0 Å². The number of amides is 3. The van der Waals surface area contributed by atoms with Crippen molar-refractivity contribution in [1.82, 2.24) is 20.1 Å². The summed E-state index contributed by atoms with van der Waals surface area (Å²) >= 11 is 0. The monoisotopic (exact) mass is 577 g/mol. The minimum absolute atomic E-state index is 0.0130. The molecule has 8 heteroatoms. The van der Waals surface area contributed by atoms with Gasteiger partial charge in [-0.15, -0.1) is 0 Å². The van der Waals surface area contributed by atoms with E-state index in [2.05, 4.69) is 39.7 Å². The van der Waals surface area contributed by atoms with Crippen LogP contribution in [0.2, 0.25) is 0 Å². The van der Waals surface area contributed by atoms with Gasteiger partial charge in [-0.3, -0.25) is 14.4 Å². The molecular weight excluding hydrogens is 538 g/mol. The van der Waals surface area contributed by atoms with Crippen molar-refractivity contribution < 1.29 is 14.4 Å². The van der Waals surface area contributed by atoms with Gasteiger partial charge in [-0.1, -0.05) is 49.4 Å². The molecule has 0 spiro atoms. The summed E-state index contributed by atoms with van der Waals surface area (Å²) in [6, 6.07) is 22.6. The number of aromatic nitrogens is 1. The highest BCUT2D eigenvalue weighted by Crippen LogP contribution is 2.30. The van der Waals surface area contributed by atoms with Crippen LogP contribution >= 0.6 is 0 Å². The number of hydrogen-bond acceptors (Lipinski definition) is 4. The molecule has 4 aromatic rings. The number of fused-ring (bicyclic) bond motifs is 2. The predicted molar refractivity (Wildman–Crippen MR) is 169 cm³/mol. The molecule has 0 bridgehead atoms. The van der Waals surface area contributed by atoms with Crippen molar-refractivity contribution in [2.24, 2.45) is 5.92 Å². The Balaban J connectivity index is 1.19. The number of likely N-dealkylation sites (tertiary alicyclic amines) is 1. The molecular formula is C35H39N5O3. The number of anilines is 1. The molecule has 3 amide bonds. The number of aromatic amines is 1. The van der Waals surface area contributed by atoms with Gasteiger partial charge in [0.2, 0.25) is 11.8 Å². The Morgan fingerprint density at radius 3 is 2.44 bits per heavy atom. The highest BCUT2D eigenvalue weighted by atomic mass is 16.2. The van der Waals surface area contributed by atoms with Crippen LogP contribution in [0, 0.1) is 5.92 Å². The van der Waals surface area contributed by atoms with Gasteiger partial charge in [0, 0.05) is 66.4 Å². The number of rotatable bonds is 7. The van der Waals surface area contributed by atoms with Crippen molar-refractivity contribution in [3.05, 3.63) is 101 Å². The van der Waals surface area contributed by atoms with Gasteiger partial charge in [-0.2, -0.15) is 0 Å². The molecule has 222 valence electrons. The maximum atomic E-state index is 13.9. The lowest BCUT2D eigenvalue weighted by Gasteiger charge is -2.33. The number of nitrogens with one attached hydrogen (secondary N) is 3. The van der Waals surface area contributed by atoms with Gasteiger partial charge in [-0.05, 0) is 73.3 Å². The first kappa shape index (κ1) is 28.7. The maximum Gasteiger partial charge on any atom is 0.253 e. The molecule has 3 heterocycles. The Morgan fingerprint density at radius 2 is 1.65 bits per heavy atom. The van der Waals surface area contributed by atoms with Gasteiger partial charge in [0.25, 0.3) is 5.91 Å². The number of para-hydroxylation sites is 1. The fraction of sp³-hybridized carbons (Fsp3) is 0.343. The number of likely N-dealkylation sites (N-methyl/N-ethyl adjacent to an activating group) is 1. The lowest BCUT2D eigenvalue weighted by Crippen LogP contribution is -2.50. The van der Waals surface area contributed by atoms with E-state index in [0.29, 0.717) is 31.5 Å². The molecule has 2 atom stereocenters. The van der Waals surface area contributed by atoms with E-state index >= 15 is 0 Å². The lowest BCUT2D eigenvalue weighted by atomic mass is 9.90. The minimum Gasteiger partial charge on any atom is -0.361 e. The zero-order chi connectivity index (χ0) is 29.9. The molecule has 1 saturated heterocycles. The van der Waals surface area contributed by atoms with Crippen LogP contribution in [0.5, 0.6) is 0 Å². The zero-order valence-corrected chi connectivity index (χ0v) is 24.8. The molecule has 0 unspecified atom stereocenters. The number of benzene rings is 3. The highest BCUT2D eigenvalue weighted by Gasteiger charge is 2.34. The fourth-order valence-electron chi connectivity index (χ4n) is 6.44. The fourth-order valence-corrected chi connectivity index (χ4v) is 6.44. The number of hydrogen-bond donors (Lipinski definition) is 3. The molecule has 0 aliphatic carbocycles. The number of nitrogens with zero attached hydrogens (tertiary/aromatic N) is 2. The molecule has 0 radical (unpaired) electrons. The molecule has 3 aromatic carbocycles. The molecule has 1 aromatic heterocycles. The van der Waals surface area contributed by atoms with E-state index in [-0.39, 0.29) is 29.6 Å². The smallest absolute Gasteiger partial charge is 0.253 e. The maximum absolute atomic E-state index is 13.9. The Hall–Kier alpha value is -4.43. The van der Waals surface area contributed by atoms with E-state index in [1.54, 1.807) is 0 Å². The molecule has 3 N–H and O–H groups in total. The summed E-state index contributed by atoms with van der Waals surface area (Å²) in [6.45, 7) is 4.86. The Morgan fingerprint density at radius 1 is 0.907 bits per heavy atom. The van der Waals surface area contributed by atoms with E-state index in [0.717, 1.165) is 41.7 Å². The molecule has 6 rings (SSSR count). The van der Waals surface area contributed by atoms with Crippen molar-refractivity contribution in [2.45, 2.75) is 44.7 Å². The quantitative estimate of drug-likeness (QED) is 0.290. The second-order valence-electron chi connectivity index (χ2n) is 12.0. The van der Waals surface area contributed by atoms with Crippen LogP contribution in [0.3, 0.4) is 0 Å². The van der Waals surface area contributed by atoms with Crippen LogP contribution in [0.25, 0.3) is 10.9 Å². The van der Waals surface area contributed by atoms with Gasteiger partial charge in [0.15, 0.2) is 0 Å². The minimum atomic E-state index is -0.783. The molecule has 0 saturated carbocycles. The van der Waals surface area contributed by atoms with Crippen molar-refractivity contribution in [3.8, 4) is 0 Å². The first-order chi connectivity index (χ1) is 20.9. The predicted octanol–water partition coefficient (Wildman–Crippen LogP) is 4.94. The summed E-state index contributed by atoms with van der Waals surface area (Å²) in [5, 5.41) is 7.27. The summed E-state index contributed by atoms with van der Waals surface area (Å²) in [5.41, 5.74) is 5.88. The molecule has 8 nitrogen and oxygen atoms in total. The largest absolute Gasteiger partial charge is 0.361 e. The van der Waals surface area contributed by atoms with E-state index in [9.17, 15) is 14.4 Å². The summed E-state index contributed by atoms with van der Waals surface area (Å²) in [5.74, 6) is -0.966. The lowest BCUT2D eigenvalue weighted by molar-refractivity contribution is -0.130. The van der Waals surface area contributed by atoms with E-state index in [4.69, 9.17) is 0 Å². The Kier molecular flexibility index (Phi) is 8.29. The van der Waals surface area contributed by atoms with Gasteiger partial charge in [0.1, 0.15) is 6.04 Å². The first-order valence-corrected chi connectivity index (χ1v) is 15.2. The number of piperidine rings is 1. The van der Waals surface area contributed by atoms with E-state index in [1.165, 1.54) is 11.1 Å². The number of H-pyrrole nitrogens is 1. The van der Waals surface area contributed by atoms with Crippen LogP contribution in [0.1, 0.15) is 52.7 Å². The van der Waals surface area contributed by atoms with Crippen molar-refractivity contribution in [3.63, 3.8) is 0 Å². The van der Waals surface area contributed by atoms with Crippen molar-refractivity contribution >= 4 is 34.3 Å². The molecule has 1 fully saturated rings. The highest BCUT2D eigenvalue weighted by molar-refractivity contribution is 5.99. The molecule has 2 aliphatic rings. The average Bonchev–Trinajstić information content (AvgIpc) is 3.47. The van der Waals surface area contributed by atoms with Crippen LogP contribution in [0.4, 0.5) is 5.69 Å². The van der Waals surface area contributed by atoms with Gasteiger partial charge in [0.05, 0.1) is 0 Å². The standard InChI is InChI=1S/C35H39N5O3/c1-23(30-21-36-31-11-7-6-10-29(30)31)32(34(42)37-28-13-12-24-14-17-39(2)22-27(24)20-28)38-33(41)25-15-18-40(19-16-25)35(43)26-8-4-3-5-9-26/h3-13,20-21,23,25,32,36H,14-19,22H2,1-2H3,(H,37,42)(H,38,41)/t23-,32+/m0/s1. The van der Waals surface area contributed by atoms with Gasteiger partial charge < -0.3 is 25.4 Å². The number of carbonyl (C=O) groups excluding carboxylic acids is 3. The SMILES string of the molecule is C[C@@H](c1c[nH]c2ccccc12)[C@@H](NC(=O)C1CCN(C(=O)c2ccccc2)CC1)C(=O)Nc1ccc2c(c1)CN(C)CC2. The molecule has 43 heavy (non-hydrogen) atoms. The van der Waals surface area contributed by atoms with Crippen LogP contribution in [-0.2, 0) is 22.6 Å². The summed E-state index contributed by atoms with van der Waals surface area (Å²) in [7, 11) is 2.10. The Labute approximate surface area is 252 Å². The second-order valence-corrected chi connectivity index (χ2v) is 12.0. The molecule has 2 aliphatic heterocycles. The third-order valence-corrected chi connectivity index (χ3v) is 9.04. The zero-order valence-electron chi connectivity index (χ0n) is 24.8. The first-order valence-electron chi connectivity index (χ1n) is 15.2. The van der Waals surface area contributed by atoms with Gasteiger partial charge in [-0.25, -0.2) is 0 Å². The topological polar surface area (TPSA) is 97.5 Å². The average molecular weight is 578 g/mol. The van der Waals surface area contributed by atoms with Crippen LogP contribution < -0.4 is 10.6 Å². The normalized spacial score (nSPS) is 17.2. The Bertz CT molecular complexity index is 1620. The van der Waals surface area contributed by atoms with Crippen LogP contribution in [-0.4, -0.2) is 65.2 Å². The summed E-state index contributed by atoms with van der Waals surface area (Å²) < 4.78 is 0. The summed E-state index contributed by atoms with van der Waals surface area (Å²) in [4.78, 5) is 47.9.